The Morgan fingerprint density at radius 2 is 2.27 bits per heavy atom. The van der Waals surface area contributed by atoms with E-state index in [0.717, 1.165) is 21.7 Å². The lowest BCUT2D eigenvalue weighted by atomic mass is 10.3. The van der Waals surface area contributed by atoms with Gasteiger partial charge in [-0.1, -0.05) is 6.92 Å². The van der Waals surface area contributed by atoms with E-state index in [0.29, 0.717) is 6.04 Å². The van der Waals surface area contributed by atoms with E-state index in [4.69, 9.17) is 0 Å². The molecule has 2 nitrogen and oxygen atoms in total. The predicted molar refractivity (Wildman–Crippen MR) is 72.8 cm³/mol. The van der Waals surface area contributed by atoms with Gasteiger partial charge in [0.25, 0.3) is 0 Å². The molecule has 0 saturated carbocycles. The Morgan fingerprint density at radius 3 is 2.87 bits per heavy atom. The zero-order valence-electron chi connectivity index (χ0n) is 9.38. The average Bonchev–Trinajstić information content (AvgIpc) is 2.20. The van der Waals surface area contributed by atoms with Gasteiger partial charge in [-0.05, 0) is 47.7 Å². The maximum atomic E-state index is 4.45. The topological polar surface area (TPSA) is 24.9 Å². The summed E-state index contributed by atoms with van der Waals surface area (Å²) in [5.41, 5.74) is 1.02. The first-order chi connectivity index (χ1) is 7.13. The van der Waals surface area contributed by atoms with Crippen molar-refractivity contribution in [1.29, 1.82) is 0 Å². The third-order valence-electron chi connectivity index (χ3n) is 1.99. The third kappa shape index (κ3) is 4.43. The Bertz CT molecular complexity index is 317. The largest absolute Gasteiger partial charge is 0.367 e. The molecule has 0 aliphatic rings. The fourth-order valence-corrected chi connectivity index (χ4v) is 2.11. The molecule has 0 spiro atoms. The first kappa shape index (κ1) is 12.8. The molecule has 1 unspecified atom stereocenters. The number of nitrogens with one attached hydrogen (secondary N) is 1. The van der Waals surface area contributed by atoms with Crippen LogP contribution in [0.15, 0.2) is 16.6 Å². The highest BCUT2D eigenvalue weighted by atomic mass is 79.9. The maximum absolute atomic E-state index is 4.45. The summed E-state index contributed by atoms with van der Waals surface area (Å²) >= 11 is 5.39. The van der Waals surface area contributed by atoms with Gasteiger partial charge in [0.1, 0.15) is 5.82 Å². The number of nitrogens with zero attached hydrogens (tertiary/aromatic N) is 1. The molecule has 0 aliphatic heterocycles. The average molecular weight is 289 g/mol. The van der Waals surface area contributed by atoms with Crippen molar-refractivity contribution < 1.29 is 0 Å². The Balaban J connectivity index is 2.53. The van der Waals surface area contributed by atoms with Crippen molar-refractivity contribution in [2.45, 2.75) is 26.8 Å². The molecule has 0 bridgehead atoms. The lowest BCUT2D eigenvalue weighted by Gasteiger charge is -2.14. The molecule has 0 aliphatic carbocycles. The number of hydrogen-bond acceptors (Lipinski definition) is 3. The molecule has 0 radical (unpaired) electrons. The van der Waals surface area contributed by atoms with Crippen LogP contribution in [0, 0.1) is 6.92 Å². The number of thioether (sulfide) groups is 1. The molecule has 1 rings (SSSR count). The lowest BCUT2D eigenvalue weighted by molar-refractivity contribution is 0.899. The van der Waals surface area contributed by atoms with E-state index in [1.807, 2.05) is 30.8 Å². The van der Waals surface area contributed by atoms with Crippen LogP contribution in [-0.4, -0.2) is 22.5 Å². The lowest BCUT2D eigenvalue weighted by Crippen LogP contribution is -2.18. The molecule has 1 aromatic rings. The molecule has 1 N–H and O–H groups in total. The summed E-state index contributed by atoms with van der Waals surface area (Å²) in [7, 11) is 0. The Hall–Kier alpha value is -0.220. The van der Waals surface area contributed by atoms with Crippen LogP contribution in [0.25, 0.3) is 0 Å². The molecule has 84 valence electrons. The van der Waals surface area contributed by atoms with Gasteiger partial charge in [-0.15, -0.1) is 0 Å². The summed E-state index contributed by atoms with van der Waals surface area (Å²) in [6.07, 6.45) is 0. The quantitative estimate of drug-likeness (QED) is 0.894. The van der Waals surface area contributed by atoms with Crippen molar-refractivity contribution in [3.63, 3.8) is 0 Å². The van der Waals surface area contributed by atoms with Crippen molar-refractivity contribution in [2.75, 3.05) is 16.8 Å². The highest BCUT2D eigenvalue weighted by Gasteiger charge is 2.03. The van der Waals surface area contributed by atoms with E-state index < -0.39 is 0 Å². The minimum absolute atomic E-state index is 0.461. The molecule has 0 saturated heterocycles. The van der Waals surface area contributed by atoms with Crippen molar-refractivity contribution in [3.05, 3.63) is 22.3 Å². The Kier molecular flexibility index (Phi) is 5.47. The van der Waals surface area contributed by atoms with Crippen LogP contribution in [0.3, 0.4) is 0 Å². The molecule has 0 fully saturated rings. The van der Waals surface area contributed by atoms with Crippen LogP contribution in [0.2, 0.25) is 0 Å². The summed E-state index contributed by atoms with van der Waals surface area (Å²) in [5, 5.41) is 3.39. The minimum atomic E-state index is 0.461. The summed E-state index contributed by atoms with van der Waals surface area (Å²) < 4.78 is 1.06. The highest BCUT2D eigenvalue weighted by molar-refractivity contribution is 9.10. The van der Waals surface area contributed by atoms with Crippen molar-refractivity contribution in [1.82, 2.24) is 4.98 Å². The van der Waals surface area contributed by atoms with Gasteiger partial charge in [0.05, 0.1) is 5.69 Å². The molecule has 4 heteroatoms. The van der Waals surface area contributed by atoms with Gasteiger partial charge in [-0.3, -0.25) is 0 Å². The first-order valence-corrected chi connectivity index (χ1v) is 7.05. The maximum Gasteiger partial charge on any atom is 0.126 e. The van der Waals surface area contributed by atoms with E-state index in [9.17, 15) is 0 Å². The standard InChI is InChI=1S/C11H17BrN2S/c1-4-15-7-8(2)13-11-6-5-10(12)9(3)14-11/h5-6,8H,4,7H2,1-3H3,(H,13,14). The van der Waals surface area contributed by atoms with Crippen molar-refractivity contribution in [3.8, 4) is 0 Å². The van der Waals surface area contributed by atoms with Crippen LogP contribution in [0.1, 0.15) is 19.5 Å². The number of aromatic nitrogens is 1. The molecule has 15 heavy (non-hydrogen) atoms. The smallest absolute Gasteiger partial charge is 0.126 e. The first-order valence-electron chi connectivity index (χ1n) is 5.11. The van der Waals surface area contributed by atoms with Crippen LogP contribution >= 0.6 is 27.7 Å². The predicted octanol–water partition coefficient (Wildman–Crippen LogP) is 3.71. The van der Waals surface area contributed by atoms with E-state index in [-0.39, 0.29) is 0 Å². The number of rotatable bonds is 5. The summed E-state index contributed by atoms with van der Waals surface area (Å²) in [5.74, 6) is 3.24. The SMILES string of the molecule is CCSCC(C)Nc1ccc(Br)c(C)n1. The molecule has 0 amide bonds. The molecule has 0 aromatic carbocycles. The fraction of sp³-hybridized carbons (Fsp3) is 0.545. The normalized spacial score (nSPS) is 12.5. The number of halogens is 1. The van der Waals surface area contributed by atoms with Gasteiger partial charge in [0.15, 0.2) is 0 Å². The summed E-state index contributed by atoms with van der Waals surface area (Å²) in [6.45, 7) is 6.36. The number of pyridine rings is 1. The second kappa shape index (κ2) is 6.38. The molecule has 1 aromatic heterocycles. The van der Waals surface area contributed by atoms with Crippen LogP contribution in [0.4, 0.5) is 5.82 Å². The highest BCUT2D eigenvalue weighted by Crippen LogP contribution is 2.17. The fourth-order valence-electron chi connectivity index (χ4n) is 1.21. The van der Waals surface area contributed by atoms with Gasteiger partial charge >= 0.3 is 0 Å². The Morgan fingerprint density at radius 1 is 1.53 bits per heavy atom. The summed E-state index contributed by atoms with van der Waals surface area (Å²) in [4.78, 5) is 4.45. The molecular weight excluding hydrogens is 272 g/mol. The monoisotopic (exact) mass is 288 g/mol. The van der Waals surface area contributed by atoms with E-state index >= 15 is 0 Å². The van der Waals surface area contributed by atoms with Crippen LogP contribution < -0.4 is 5.32 Å². The van der Waals surface area contributed by atoms with Gasteiger partial charge in [0, 0.05) is 16.3 Å². The van der Waals surface area contributed by atoms with Gasteiger partial charge in [-0.2, -0.15) is 11.8 Å². The van der Waals surface area contributed by atoms with Gasteiger partial charge < -0.3 is 5.32 Å². The summed E-state index contributed by atoms with van der Waals surface area (Å²) in [6, 6.07) is 4.50. The van der Waals surface area contributed by atoms with Crippen LogP contribution in [0.5, 0.6) is 0 Å². The van der Waals surface area contributed by atoms with Gasteiger partial charge in [-0.25, -0.2) is 4.98 Å². The Labute approximate surface area is 104 Å². The third-order valence-corrected chi connectivity index (χ3v) is 3.97. The molecular formula is C11H17BrN2S. The van der Waals surface area contributed by atoms with Crippen molar-refractivity contribution in [2.24, 2.45) is 0 Å². The zero-order valence-corrected chi connectivity index (χ0v) is 11.8. The number of aryl methyl sites for hydroxylation is 1. The second-order valence-corrected chi connectivity index (χ2v) is 5.64. The molecule has 1 atom stereocenters. The van der Waals surface area contributed by atoms with Crippen LogP contribution in [-0.2, 0) is 0 Å². The minimum Gasteiger partial charge on any atom is -0.367 e. The number of anilines is 1. The number of hydrogen-bond donors (Lipinski definition) is 1. The van der Waals surface area contributed by atoms with E-state index in [1.165, 1.54) is 5.75 Å². The zero-order chi connectivity index (χ0) is 11.3. The van der Waals surface area contributed by atoms with Gasteiger partial charge in [0.2, 0.25) is 0 Å². The second-order valence-electron chi connectivity index (χ2n) is 3.47. The van der Waals surface area contributed by atoms with E-state index in [2.05, 4.69) is 40.1 Å². The van der Waals surface area contributed by atoms with Crippen molar-refractivity contribution >= 4 is 33.5 Å². The molecule has 1 heterocycles. The van der Waals surface area contributed by atoms with E-state index in [1.54, 1.807) is 0 Å².